The van der Waals surface area contributed by atoms with Crippen molar-refractivity contribution < 1.29 is 0 Å². The van der Waals surface area contributed by atoms with Crippen LogP contribution >= 0.6 is 0 Å². The molecule has 1 aliphatic heterocycles. The lowest BCUT2D eigenvalue weighted by molar-refractivity contribution is 0.593. The topological polar surface area (TPSA) is 40.2 Å². The Morgan fingerprint density at radius 3 is 2.00 bits per heavy atom. The Bertz CT molecular complexity index is 42.9. The summed E-state index contributed by atoms with van der Waals surface area (Å²) in [6.45, 7) is 0. The van der Waals surface area contributed by atoms with E-state index in [4.69, 9.17) is 0 Å². The van der Waals surface area contributed by atoms with Crippen molar-refractivity contribution in [1.29, 1.82) is 0 Å². The van der Waals surface area contributed by atoms with Gasteiger partial charge < -0.3 is 0 Å². The molecule has 0 aromatic carbocycles. The maximum atomic E-state index is 3.49. The van der Waals surface area contributed by atoms with E-state index in [1.54, 1.807) is 12.4 Å². The molecule has 0 unspecified atom stereocenters. The smallest absolute Gasteiger partial charge is 0.0629 e. The highest BCUT2D eigenvalue weighted by molar-refractivity contribution is 4.76. The molecule has 0 fully saturated rings. The first-order valence-electron chi connectivity index (χ1n) is 1.30. The predicted octanol–water partition coefficient (Wildman–Crippen LogP) is -0.900. The van der Waals surface area contributed by atoms with Crippen molar-refractivity contribution in [3.8, 4) is 0 Å². The van der Waals surface area contributed by atoms with Crippen LogP contribution in [0.4, 0.5) is 0 Å². The summed E-state index contributed by atoms with van der Waals surface area (Å²) in [5, 5.41) is 0. The van der Waals surface area contributed by atoms with Crippen LogP contribution in [-0.2, 0) is 0 Å². The standard InChI is InChI=1S/C2H3N3/c1-2-4-5-3-1/h1-2,5H. The average molecular weight is 69.1 g/mol. The minimum absolute atomic E-state index is 1.58. The summed E-state index contributed by atoms with van der Waals surface area (Å²) in [7, 11) is 0. The van der Waals surface area contributed by atoms with Crippen LogP contribution in [0.2, 0.25) is 0 Å². The van der Waals surface area contributed by atoms with Crippen LogP contribution < -0.4 is 16.4 Å². The normalized spacial score (nSPS) is 17.6. The molecule has 0 aromatic rings. The van der Waals surface area contributed by atoms with E-state index in [1.807, 2.05) is 0 Å². The first kappa shape index (κ1) is 2.53. The summed E-state index contributed by atoms with van der Waals surface area (Å²) in [5.74, 6) is 0. The van der Waals surface area contributed by atoms with Gasteiger partial charge in [0.1, 0.15) is 0 Å². The second kappa shape index (κ2) is 0.944. The van der Waals surface area contributed by atoms with Gasteiger partial charge in [-0.25, -0.2) is 0 Å². The minimum atomic E-state index is 1.58. The van der Waals surface area contributed by atoms with E-state index < -0.39 is 0 Å². The summed E-state index contributed by atoms with van der Waals surface area (Å²) in [4.78, 5) is 0. The summed E-state index contributed by atoms with van der Waals surface area (Å²) in [6.07, 6.45) is 3.17. The zero-order valence-electron chi connectivity index (χ0n) is 2.55. The van der Waals surface area contributed by atoms with Crippen molar-refractivity contribution >= 4 is 0 Å². The van der Waals surface area contributed by atoms with Crippen molar-refractivity contribution in [2.45, 2.75) is 0 Å². The largest absolute Gasteiger partial charge is 0.187 e. The molecule has 0 bridgehead atoms. The van der Waals surface area contributed by atoms with Crippen LogP contribution in [0.3, 0.4) is 0 Å². The number of hydrogen-bond acceptors (Lipinski definition) is 1. The predicted molar refractivity (Wildman–Crippen MR) is 16.5 cm³/mol. The molecular formula is C2H3N3. The summed E-state index contributed by atoms with van der Waals surface area (Å²) >= 11 is 0. The van der Waals surface area contributed by atoms with Crippen LogP contribution in [0.1, 0.15) is 0 Å². The molecule has 2 radical (unpaired) electrons. The third-order valence-corrected chi connectivity index (χ3v) is 0.331. The highest BCUT2D eigenvalue weighted by Gasteiger charge is 1.82. The second-order valence-corrected chi connectivity index (χ2v) is 0.656. The maximum absolute atomic E-state index is 3.49. The Morgan fingerprint density at radius 1 is 1.20 bits per heavy atom. The van der Waals surface area contributed by atoms with Gasteiger partial charge in [-0.05, 0) is 0 Å². The fraction of sp³-hybridized carbons (Fsp3) is 0. The number of nitrogens with one attached hydrogen (secondary N) is 1. The lowest BCUT2D eigenvalue weighted by Crippen LogP contribution is -2.17. The monoisotopic (exact) mass is 69.0 g/mol. The van der Waals surface area contributed by atoms with E-state index in [0.717, 1.165) is 0 Å². The van der Waals surface area contributed by atoms with E-state index in [1.165, 1.54) is 0 Å². The minimum Gasteiger partial charge on any atom is -0.187 e. The molecule has 0 saturated heterocycles. The molecule has 0 aromatic heterocycles. The van der Waals surface area contributed by atoms with Gasteiger partial charge in [0, 0.05) is 0 Å². The third kappa shape index (κ3) is 0.302. The molecule has 5 heavy (non-hydrogen) atoms. The summed E-state index contributed by atoms with van der Waals surface area (Å²) < 4.78 is 0. The van der Waals surface area contributed by atoms with E-state index in [9.17, 15) is 0 Å². The Balaban J connectivity index is 2.32. The Labute approximate surface area is 30.0 Å². The number of hydrogen-bond donors (Lipinski definition) is 1. The lowest BCUT2D eigenvalue weighted by atomic mass is 11.0. The summed E-state index contributed by atoms with van der Waals surface area (Å²) in [6, 6.07) is 0. The molecule has 1 aliphatic rings. The first-order chi connectivity index (χ1) is 2.50. The molecule has 1 heterocycles. The molecule has 3 heteroatoms. The molecule has 26 valence electrons. The van der Waals surface area contributed by atoms with Gasteiger partial charge in [-0.3, -0.25) is 0 Å². The molecule has 0 aliphatic carbocycles. The Kier molecular flexibility index (Phi) is 0.478. The maximum Gasteiger partial charge on any atom is 0.0629 e. The Hall–Kier alpha value is -0.700. The van der Waals surface area contributed by atoms with Crippen LogP contribution in [0.25, 0.3) is 0 Å². The van der Waals surface area contributed by atoms with Gasteiger partial charge in [0.15, 0.2) is 0 Å². The fourth-order valence-corrected chi connectivity index (χ4v) is 0.167. The van der Waals surface area contributed by atoms with Gasteiger partial charge in [-0.1, -0.05) is 0 Å². The van der Waals surface area contributed by atoms with Gasteiger partial charge in [-0.15, -0.1) is 5.53 Å². The molecule has 0 amide bonds. The van der Waals surface area contributed by atoms with Crippen LogP contribution in [-0.4, -0.2) is 0 Å². The molecule has 1 rings (SSSR count). The third-order valence-electron chi connectivity index (χ3n) is 0.331. The zero-order valence-corrected chi connectivity index (χ0v) is 2.55. The average Bonchev–Trinajstić information content (AvgIpc) is 1.76. The molecular weight excluding hydrogens is 66.0 g/mol. The van der Waals surface area contributed by atoms with Gasteiger partial charge in [0.05, 0.1) is 12.4 Å². The molecule has 0 saturated carbocycles. The highest BCUT2D eigenvalue weighted by atomic mass is 15.6. The van der Waals surface area contributed by atoms with Gasteiger partial charge in [0.25, 0.3) is 0 Å². The molecule has 0 spiro atoms. The number of nitrogens with zero attached hydrogens (tertiary/aromatic N) is 2. The van der Waals surface area contributed by atoms with Crippen LogP contribution in [0.15, 0.2) is 12.4 Å². The van der Waals surface area contributed by atoms with Crippen molar-refractivity contribution in [3.63, 3.8) is 0 Å². The van der Waals surface area contributed by atoms with Crippen molar-refractivity contribution in [3.05, 3.63) is 12.4 Å². The van der Waals surface area contributed by atoms with E-state index in [0.29, 0.717) is 0 Å². The van der Waals surface area contributed by atoms with Crippen molar-refractivity contribution in [1.82, 2.24) is 16.4 Å². The van der Waals surface area contributed by atoms with Crippen molar-refractivity contribution in [2.75, 3.05) is 0 Å². The SMILES string of the molecule is C1=C[N]N[N]1. The second-order valence-electron chi connectivity index (χ2n) is 0.656. The Morgan fingerprint density at radius 2 is 1.80 bits per heavy atom. The number of rotatable bonds is 0. The van der Waals surface area contributed by atoms with Gasteiger partial charge >= 0.3 is 0 Å². The van der Waals surface area contributed by atoms with Crippen LogP contribution in [0, 0.1) is 0 Å². The van der Waals surface area contributed by atoms with Gasteiger partial charge in [0.2, 0.25) is 0 Å². The quantitative estimate of drug-likeness (QED) is 0.393. The first-order valence-corrected chi connectivity index (χ1v) is 1.30. The van der Waals surface area contributed by atoms with Crippen molar-refractivity contribution in [2.24, 2.45) is 0 Å². The molecule has 3 nitrogen and oxygen atoms in total. The van der Waals surface area contributed by atoms with Gasteiger partial charge in [-0.2, -0.15) is 10.9 Å². The molecule has 0 atom stereocenters. The van der Waals surface area contributed by atoms with E-state index in [2.05, 4.69) is 16.4 Å². The van der Waals surface area contributed by atoms with E-state index >= 15 is 0 Å². The van der Waals surface area contributed by atoms with E-state index in [-0.39, 0.29) is 0 Å². The lowest BCUT2D eigenvalue weighted by Gasteiger charge is -1.78. The molecule has 1 N–H and O–H groups in total. The fourth-order valence-electron chi connectivity index (χ4n) is 0.167. The zero-order chi connectivity index (χ0) is 3.54. The van der Waals surface area contributed by atoms with Crippen LogP contribution in [0.5, 0.6) is 0 Å². The highest BCUT2D eigenvalue weighted by Crippen LogP contribution is 1.65. The summed E-state index contributed by atoms with van der Waals surface area (Å²) in [5.41, 5.74) is 9.33.